The molecule has 0 atom stereocenters. The van der Waals surface area contributed by atoms with Crippen molar-refractivity contribution in [1.82, 2.24) is 4.98 Å². The smallest absolute Gasteiger partial charge is 0.355 e. The molecule has 14 heavy (non-hydrogen) atoms. The largest absolute Gasteiger partial charge is 0.478 e. The van der Waals surface area contributed by atoms with Gasteiger partial charge in [-0.05, 0) is 0 Å². The van der Waals surface area contributed by atoms with Gasteiger partial charge in [-0.3, -0.25) is 0 Å². The maximum atomic E-state index is 10.7. The maximum Gasteiger partial charge on any atom is 0.355 e. The van der Waals surface area contributed by atoms with Crippen molar-refractivity contribution >= 4 is 23.3 Å². The predicted molar refractivity (Wildman–Crippen MR) is 47.0 cm³/mol. The summed E-state index contributed by atoms with van der Waals surface area (Å²) in [5.41, 5.74) is 9.04. The summed E-state index contributed by atoms with van der Waals surface area (Å²) in [7, 11) is 0. The Kier molecular flexibility index (Phi) is 2.24. The molecule has 1 aromatic heterocycles. The van der Waals surface area contributed by atoms with Crippen LogP contribution in [-0.2, 0) is 0 Å². The van der Waals surface area contributed by atoms with Crippen LogP contribution in [0.5, 0.6) is 0 Å². The summed E-state index contributed by atoms with van der Waals surface area (Å²) < 4.78 is 0. The molecular formula is C7H7N3O4. The molecule has 0 aromatic carbocycles. The molecule has 1 rings (SSSR count). The van der Waals surface area contributed by atoms with Gasteiger partial charge in [-0.1, -0.05) is 0 Å². The third-order valence-corrected chi connectivity index (χ3v) is 1.57. The van der Waals surface area contributed by atoms with E-state index in [9.17, 15) is 9.59 Å². The lowest BCUT2D eigenvalue weighted by Crippen LogP contribution is -2.14. The van der Waals surface area contributed by atoms with E-state index in [1.54, 1.807) is 0 Å². The van der Waals surface area contributed by atoms with Gasteiger partial charge in [-0.2, -0.15) is 0 Å². The van der Waals surface area contributed by atoms with Crippen LogP contribution < -0.4 is 11.5 Å². The van der Waals surface area contributed by atoms with Crippen LogP contribution in [0.1, 0.15) is 20.8 Å². The van der Waals surface area contributed by atoms with Gasteiger partial charge in [-0.25, -0.2) is 14.6 Å². The molecule has 74 valence electrons. The Bertz CT molecular complexity index is 416. The molecule has 0 aliphatic rings. The molecule has 0 bridgehead atoms. The number of nitrogens with zero attached hydrogens (tertiary/aromatic N) is 1. The third kappa shape index (κ3) is 1.42. The van der Waals surface area contributed by atoms with Gasteiger partial charge in [0.15, 0.2) is 5.69 Å². The predicted octanol–water partition coefficient (Wildman–Crippen LogP) is -0.358. The first-order valence-electron chi connectivity index (χ1n) is 3.45. The molecule has 0 amide bonds. The summed E-state index contributed by atoms with van der Waals surface area (Å²) in [6.45, 7) is 0. The first-order valence-corrected chi connectivity index (χ1v) is 3.45. The Labute approximate surface area is 78.0 Å². The van der Waals surface area contributed by atoms with Crippen molar-refractivity contribution in [3.63, 3.8) is 0 Å². The lowest BCUT2D eigenvalue weighted by Gasteiger charge is -2.06. The highest BCUT2D eigenvalue weighted by atomic mass is 16.4. The fourth-order valence-corrected chi connectivity index (χ4v) is 0.919. The molecular weight excluding hydrogens is 190 g/mol. The van der Waals surface area contributed by atoms with Gasteiger partial charge in [0.2, 0.25) is 0 Å². The van der Waals surface area contributed by atoms with Crippen LogP contribution in [0.15, 0.2) is 6.20 Å². The fraction of sp³-hybridized carbons (Fsp3) is 0. The highest BCUT2D eigenvalue weighted by Gasteiger charge is 2.22. The number of rotatable bonds is 2. The number of carboxylic acids is 2. The van der Waals surface area contributed by atoms with E-state index in [1.807, 2.05) is 0 Å². The summed E-state index contributed by atoms with van der Waals surface area (Å²) in [6.07, 6.45) is 1.01. The average Bonchev–Trinajstić information content (AvgIpc) is 2.08. The van der Waals surface area contributed by atoms with Crippen LogP contribution in [0, 0.1) is 0 Å². The minimum atomic E-state index is -1.47. The number of nitrogen functional groups attached to an aromatic ring is 2. The zero-order valence-electron chi connectivity index (χ0n) is 6.89. The van der Waals surface area contributed by atoms with Gasteiger partial charge in [0.1, 0.15) is 5.56 Å². The Morgan fingerprint density at radius 3 is 2.21 bits per heavy atom. The van der Waals surface area contributed by atoms with E-state index in [4.69, 9.17) is 21.7 Å². The summed E-state index contributed by atoms with van der Waals surface area (Å²) in [4.78, 5) is 24.6. The zero-order chi connectivity index (χ0) is 10.9. The van der Waals surface area contributed by atoms with Gasteiger partial charge < -0.3 is 21.7 Å². The van der Waals surface area contributed by atoms with Gasteiger partial charge in [0.05, 0.1) is 17.6 Å². The third-order valence-electron chi connectivity index (χ3n) is 1.57. The number of carboxylic acid groups (broad SMARTS) is 2. The first kappa shape index (κ1) is 9.78. The monoisotopic (exact) mass is 197 g/mol. The number of nitrogens with two attached hydrogens (primary N) is 2. The second kappa shape index (κ2) is 3.21. The standard InChI is InChI=1S/C7H7N3O4/c8-2-1-10-5(7(13)14)3(4(2)9)6(11)12/h1H,8H2,(H2,9,10)(H,11,12)(H,13,14). The number of anilines is 2. The average molecular weight is 197 g/mol. The van der Waals surface area contributed by atoms with Crippen molar-refractivity contribution < 1.29 is 19.8 Å². The molecule has 0 spiro atoms. The molecule has 1 aromatic rings. The van der Waals surface area contributed by atoms with E-state index in [0.717, 1.165) is 6.20 Å². The van der Waals surface area contributed by atoms with Crippen LogP contribution in [0.3, 0.4) is 0 Å². The van der Waals surface area contributed by atoms with Crippen LogP contribution in [0.2, 0.25) is 0 Å². The number of hydrogen-bond acceptors (Lipinski definition) is 5. The van der Waals surface area contributed by atoms with E-state index in [2.05, 4.69) is 4.98 Å². The number of carbonyl (C=O) groups is 2. The molecule has 0 saturated heterocycles. The lowest BCUT2D eigenvalue weighted by molar-refractivity contribution is 0.0647. The highest BCUT2D eigenvalue weighted by Crippen LogP contribution is 2.21. The molecule has 0 saturated carbocycles. The minimum Gasteiger partial charge on any atom is -0.478 e. The Balaban J connectivity index is 3.53. The SMILES string of the molecule is Nc1cnc(C(=O)O)c(C(=O)O)c1N. The second-order valence-corrected chi connectivity index (χ2v) is 2.46. The van der Waals surface area contributed by atoms with Crippen molar-refractivity contribution in [3.8, 4) is 0 Å². The topological polar surface area (TPSA) is 140 Å². The number of hydrogen-bond donors (Lipinski definition) is 4. The van der Waals surface area contributed by atoms with Crippen LogP contribution >= 0.6 is 0 Å². The molecule has 6 N–H and O–H groups in total. The first-order chi connectivity index (χ1) is 6.45. The van der Waals surface area contributed by atoms with Gasteiger partial charge in [-0.15, -0.1) is 0 Å². The van der Waals surface area contributed by atoms with Crippen LogP contribution in [-0.4, -0.2) is 27.1 Å². The van der Waals surface area contributed by atoms with Crippen LogP contribution in [0.4, 0.5) is 11.4 Å². The lowest BCUT2D eigenvalue weighted by atomic mass is 10.1. The van der Waals surface area contributed by atoms with E-state index in [1.165, 1.54) is 0 Å². The summed E-state index contributed by atoms with van der Waals surface area (Å²) in [5, 5.41) is 17.3. The molecule has 0 unspecified atom stereocenters. The molecule has 7 heteroatoms. The fourth-order valence-electron chi connectivity index (χ4n) is 0.919. The van der Waals surface area contributed by atoms with E-state index >= 15 is 0 Å². The molecule has 0 fully saturated rings. The quantitative estimate of drug-likeness (QED) is 0.507. The van der Waals surface area contributed by atoms with Gasteiger partial charge >= 0.3 is 11.9 Å². The maximum absolute atomic E-state index is 10.7. The highest BCUT2D eigenvalue weighted by molar-refractivity contribution is 6.05. The number of aromatic nitrogens is 1. The minimum absolute atomic E-state index is 0.0626. The van der Waals surface area contributed by atoms with Crippen molar-refractivity contribution in [2.75, 3.05) is 11.5 Å². The molecule has 0 radical (unpaired) electrons. The summed E-state index contributed by atoms with van der Waals surface area (Å²) >= 11 is 0. The van der Waals surface area contributed by atoms with Gasteiger partial charge in [0, 0.05) is 0 Å². The van der Waals surface area contributed by atoms with Crippen molar-refractivity contribution in [3.05, 3.63) is 17.5 Å². The number of pyridine rings is 1. The number of aromatic carboxylic acids is 2. The van der Waals surface area contributed by atoms with E-state index < -0.39 is 23.2 Å². The normalized spacial score (nSPS) is 9.71. The Morgan fingerprint density at radius 1 is 1.21 bits per heavy atom. The zero-order valence-corrected chi connectivity index (χ0v) is 6.89. The summed E-state index contributed by atoms with van der Waals surface area (Å²) in [6, 6.07) is 0. The van der Waals surface area contributed by atoms with Crippen molar-refractivity contribution in [2.24, 2.45) is 0 Å². The second-order valence-electron chi connectivity index (χ2n) is 2.46. The molecule has 1 heterocycles. The Hall–Kier alpha value is -2.31. The molecule has 7 nitrogen and oxygen atoms in total. The van der Waals surface area contributed by atoms with Crippen LogP contribution in [0.25, 0.3) is 0 Å². The van der Waals surface area contributed by atoms with Gasteiger partial charge in [0.25, 0.3) is 0 Å². The molecule has 0 aliphatic heterocycles. The van der Waals surface area contributed by atoms with Crippen molar-refractivity contribution in [1.29, 1.82) is 0 Å². The molecule has 0 aliphatic carbocycles. The van der Waals surface area contributed by atoms with E-state index in [-0.39, 0.29) is 11.4 Å². The Morgan fingerprint density at radius 2 is 1.79 bits per heavy atom. The van der Waals surface area contributed by atoms with E-state index in [0.29, 0.717) is 0 Å². The van der Waals surface area contributed by atoms with Crippen molar-refractivity contribution in [2.45, 2.75) is 0 Å². The summed E-state index contributed by atoms with van der Waals surface area (Å²) in [5.74, 6) is -2.94.